The number of nitrogens with one attached hydrogen (secondary N) is 1. The van der Waals surface area contributed by atoms with E-state index < -0.39 is 86.9 Å². The molecule has 2 aliphatic carbocycles. The van der Waals surface area contributed by atoms with Crippen LogP contribution in [0.3, 0.4) is 0 Å². The first-order chi connectivity index (χ1) is 25.2. The van der Waals surface area contributed by atoms with Gasteiger partial charge in [-0.2, -0.15) is 36.5 Å². The van der Waals surface area contributed by atoms with Crippen molar-refractivity contribution in [3.8, 4) is 11.1 Å². The van der Waals surface area contributed by atoms with Crippen molar-refractivity contribution in [1.29, 1.82) is 0 Å². The van der Waals surface area contributed by atoms with Crippen LogP contribution in [-0.2, 0) is 51.7 Å². The van der Waals surface area contributed by atoms with E-state index in [1.165, 1.54) is 36.1 Å². The lowest BCUT2D eigenvalue weighted by Crippen LogP contribution is -2.35. The van der Waals surface area contributed by atoms with Crippen molar-refractivity contribution in [3.63, 3.8) is 0 Å². The number of halogens is 7. The van der Waals surface area contributed by atoms with Crippen molar-refractivity contribution in [2.24, 2.45) is 13.0 Å². The lowest BCUT2D eigenvalue weighted by atomic mass is 9.94. The van der Waals surface area contributed by atoms with E-state index in [9.17, 15) is 40.0 Å². The summed E-state index contributed by atoms with van der Waals surface area (Å²) < 4.78 is 128. The summed E-state index contributed by atoms with van der Waals surface area (Å²) in [5.74, 6) is -10.1. The van der Waals surface area contributed by atoms with Gasteiger partial charge in [0.25, 0.3) is 5.92 Å². The second-order valence-corrected chi connectivity index (χ2v) is 15.2. The van der Waals surface area contributed by atoms with E-state index in [0.717, 1.165) is 25.3 Å². The van der Waals surface area contributed by atoms with Gasteiger partial charge in [0, 0.05) is 48.0 Å². The van der Waals surface area contributed by atoms with Gasteiger partial charge in [-0.05, 0) is 48.6 Å². The van der Waals surface area contributed by atoms with Crippen LogP contribution >= 0.6 is 0 Å². The molecule has 0 bridgehead atoms. The number of pyridine rings is 1. The maximum atomic E-state index is 15.3. The number of fused-ring (bicyclic) bond motifs is 4. The minimum Gasteiger partial charge on any atom is -0.397 e. The highest BCUT2D eigenvalue weighted by molar-refractivity contribution is 7.92. The molecule has 0 aliphatic heterocycles. The number of carbonyl (C=O) groups excluding carboxylic acids is 2. The number of alkyl halides is 5. The Hall–Kier alpha value is -5.53. The number of sulfonamides is 1. The summed E-state index contributed by atoms with van der Waals surface area (Å²) in [4.78, 5) is 30.6. The molecule has 0 spiro atoms. The van der Waals surface area contributed by atoms with Gasteiger partial charge in [-0.15, -0.1) is 0 Å². The SMILES string of the molecule is CC(=O)N(c1nn(C)c2c(-c3cc(N)cnc3[C@H](Cc3cc(F)cc(F)c3)NC(=O)Cn3nc(C(F)(F)F)c4c3C(F)(F)[C@@H]3C[C@H]43)cccc12)S(C)(=O)=O. The number of aryl methyl sites for hydroxylation is 1. The van der Waals surface area contributed by atoms with Gasteiger partial charge in [-0.1, -0.05) is 12.1 Å². The highest BCUT2D eigenvalue weighted by Crippen LogP contribution is 2.68. The van der Waals surface area contributed by atoms with Crippen LogP contribution in [0.1, 0.15) is 53.5 Å². The molecule has 2 aromatic carbocycles. The molecule has 284 valence electrons. The fraction of sp³-hybridized carbons (Fsp3) is 0.324. The molecule has 3 aromatic heterocycles. The van der Waals surface area contributed by atoms with E-state index in [1.54, 1.807) is 6.07 Å². The van der Waals surface area contributed by atoms with Crippen molar-refractivity contribution >= 4 is 44.2 Å². The number of benzene rings is 2. The Bertz CT molecular complexity index is 2480. The van der Waals surface area contributed by atoms with Crippen molar-refractivity contribution < 1.29 is 48.7 Å². The van der Waals surface area contributed by atoms with Crippen LogP contribution in [0.25, 0.3) is 22.0 Å². The number of nitrogens with zero attached hydrogens (tertiary/aromatic N) is 6. The lowest BCUT2D eigenvalue weighted by Gasteiger charge is -2.23. The third-order valence-electron chi connectivity index (χ3n) is 9.41. The fourth-order valence-corrected chi connectivity index (χ4v) is 8.28. The van der Waals surface area contributed by atoms with Gasteiger partial charge in [-0.25, -0.2) is 17.2 Å². The van der Waals surface area contributed by atoms with Crippen molar-refractivity contribution in [2.45, 2.75) is 50.4 Å². The van der Waals surface area contributed by atoms with Crippen LogP contribution < -0.4 is 15.4 Å². The Kier molecular flexibility index (Phi) is 8.54. The van der Waals surface area contributed by atoms with Crippen LogP contribution in [0.15, 0.2) is 48.7 Å². The molecular weight excluding hydrogens is 749 g/mol. The van der Waals surface area contributed by atoms with Gasteiger partial charge < -0.3 is 11.1 Å². The largest absolute Gasteiger partial charge is 0.435 e. The number of para-hydroxylation sites is 1. The highest BCUT2D eigenvalue weighted by Gasteiger charge is 2.68. The maximum Gasteiger partial charge on any atom is 0.435 e. The summed E-state index contributed by atoms with van der Waals surface area (Å²) >= 11 is 0. The topological polar surface area (TPSA) is 158 Å². The molecule has 12 nitrogen and oxygen atoms in total. The molecule has 1 fully saturated rings. The predicted molar refractivity (Wildman–Crippen MR) is 179 cm³/mol. The Labute approximate surface area is 301 Å². The molecule has 7 rings (SSSR count). The van der Waals surface area contributed by atoms with Gasteiger partial charge in [0.2, 0.25) is 21.8 Å². The molecule has 2 amide bonds. The lowest BCUT2D eigenvalue weighted by molar-refractivity contribution is -0.142. The fourth-order valence-electron chi connectivity index (χ4n) is 7.36. The number of aromatic nitrogens is 5. The van der Waals surface area contributed by atoms with E-state index >= 15 is 8.78 Å². The van der Waals surface area contributed by atoms with Gasteiger partial charge in [0.05, 0.1) is 35.4 Å². The molecule has 0 unspecified atom stereocenters. The number of nitrogens with two attached hydrogens (primary N) is 1. The minimum absolute atomic E-state index is 0.0113. The molecule has 3 atom stereocenters. The van der Waals surface area contributed by atoms with Gasteiger partial charge in [0.1, 0.15) is 23.9 Å². The normalized spacial score (nSPS) is 18.0. The Morgan fingerprint density at radius 1 is 1.09 bits per heavy atom. The number of nitrogen functional groups attached to an aromatic ring is 1. The minimum atomic E-state index is -5.07. The van der Waals surface area contributed by atoms with E-state index in [2.05, 4.69) is 20.5 Å². The predicted octanol–water partition coefficient (Wildman–Crippen LogP) is 5.33. The zero-order valence-electron chi connectivity index (χ0n) is 28.4. The highest BCUT2D eigenvalue weighted by atomic mass is 32.2. The summed E-state index contributed by atoms with van der Waals surface area (Å²) in [5.41, 5.74) is 3.90. The molecule has 0 saturated heterocycles. The smallest absolute Gasteiger partial charge is 0.397 e. The zero-order valence-corrected chi connectivity index (χ0v) is 29.2. The number of hydrogen-bond acceptors (Lipinski definition) is 8. The summed E-state index contributed by atoms with van der Waals surface area (Å²) in [6.07, 6.45) is -3.55. The number of rotatable bonds is 9. The van der Waals surface area contributed by atoms with Crippen LogP contribution in [0.2, 0.25) is 0 Å². The van der Waals surface area contributed by atoms with Crippen LogP contribution in [0, 0.1) is 17.6 Å². The molecule has 0 radical (unpaired) electrons. The van der Waals surface area contributed by atoms with Crippen LogP contribution in [-0.4, -0.2) is 51.0 Å². The molecule has 3 heterocycles. The first-order valence-corrected chi connectivity index (χ1v) is 18.0. The first-order valence-electron chi connectivity index (χ1n) is 16.2. The number of amides is 2. The van der Waals surface area contributed by atoms with Gasteiger partial charge >= 0.3 is 6.18 Å². The standard InChI is InChI=1S/C34H29F7N8O4S/c1-15(50)49(54(3,52)53)32-21-6-4-5-20(29(21)47(2)46-32)22-11-19(42)13-43-28(22)25(9-16-7-17(35)10-18(36)8-16)44-26(51)14-48-31-27(30(45-48)34(39,40)41)23-12-24(23)33(31,37)38/h4-8,10-11,13,23-25H,9,12,14,42H2,1-3H3,(H,44,51)/t23-,24+,25-/m0/s1. The Balaban J connectivity index is 1.34. The second-order valence-electron chi connectivity index (χ2n) is 13.3. The van der Waals surface area contributed by atoms with Crippen LogP contribution in [0.4, 0.5) is 42.2 Å². The summed E-state index contributed by atoms with van der Waals surface area (Å²) in [6.45, 7) is -0.0298. The molecule has 20 heteroatoms. The van der Waals surface area contributed by atoms with E-state index in [0.29, 0.717) is 20.6 Å². The average Bonchev–Trinajstić information content (AvgIpc) is 3.58. The molecule has 1 saturated carbocycles. The van der Waals surface area contributed by atoms with E-state index in [1.807, 2.05) is 0 Å². The summed E-state index contributed by atoms with van der Waals surface area (Å²) in [5, 5.41) is 10.5. The van der Waals surface area contributed by atoms with Crippen molar-refractivity contribution in [2.75, 3.05) is 16.3 Å². The van der Waals surface area contributed by atoms with Crippen molar-refractivity contribution in [3.05, 3.63) is 88.5 Å². The van der Waals surface area contributed by atoms with Crippen LogP contribution in [0.5, 0.6) is 0 Å². The summed E-state index contributed by atoms with van der Waals surface area (Å²) in [6, 6.07) is 7.30. The maximum absolute atomic E-state index is 15.3. The zero-order chi connectivity index (χ0) is 39.2. The third-order valence-corrected chi connectivity index (χ3v) is 10.5. The molecule has 2 aliphatic rings. The van der Waals surface area contributed by atoms with E-state index in [4.69, 9.17) is 5.73 Å². The molecular formula is C34H29F7N8O4S. The third kappa shape index (κ3) is 6.30. The first kappa shape index (κ1) is 36.8. The number of anilines is 2. The monoisotopic (exact) mass is 778 g/mol. The van der Waals surface area contributed by atoms with Gasteiger partial charge in [-0.3, -0.25) is 23.9 Å². The quantitative estimate of drug-likeness (QED) is 0.190. The summed E-state index contributed by atoms with van der Waals surface area (Å²) in [7, 11) is -2.68. The molecule has 54 heavy (non-hydrogen) atoms. The van der Waals surface area contributed by atoms with Gasteiger partial charge in [0.15, 0.2) is 11.5 Å². The second kappa shape index (κ2) is 12.5. The number of hydrogen-bond donors (Lipinski definition) is 2. The molecule has 5 aromatic rings. The molecule has 3 N–H and O–H groups in total. The number of carbonyl (C=O) groups is 2. The van der Waals surface area contributed by atoms with Crippen molar-refractivity contribution in [1.82, 2.24) is 29.9 Å². The average molecular weight is 779 g/mol. The Morgan fingerprint density at radius 3 is 2.41 bits per heavy atom. The van der Waals surface area contributed by atoms with E-state index in [-0.39, 0.29) is 52.1 Å². The Morgan fingerprint density at radius 2 is 1.78 bits per heavy atom.